The molecule has 19 heavy (non-hydrogen) atoms. The molecule has 1 aliphatic rings. The van der Waals surface area contributed by atoms with Crippen molar-refractivity contribution in [2.24, 2.45) is 0 Å². The molecular weight excluding hydrogens is 244 g/mol. The largest absolute Gasteiger partial charge is 0.481 e. The van der Waals surface area contributed by atoms with Crippen molar-refractivity contribution in [2.75, 3.05) is 25.7 Å². The molecule has 5 heteroatoms. The lowest BCUT2D eigenvalue weighted by Crippen LogP contribution is -2.41. The van der Waals surface area contributed by atoms with Crippen molar-refractivity contribution in [2.45, 2.75) is 31.7 Å². The highest BCUT2D eigenvalue weighted by Crippen LogP contribution is 2.28. The predicted octanol–water partition coefficient (Wildman–Crippen LogP) is 2.01. The Balaban J connectivity index is 2.15. The second-order valence-electron chi connectivity index (χ2n) is 4.68. The van der Waals surface area contributed by atoms with Gasteiger partial charge in [-0.25, -0.2) is 4.98 Å². The number of aromatic nitrogens is 1. The zero-order valence-electron chi connectivity index (χ0n) is 11.5. The quantitative estimate of drug-likeness (QED) is 0.779. The summed E-state index contributed by atoms with van der Waals surface area (Å²) in [6.07, 6.45) is 5.47. The van der Waals surface area contributed by atoms with E-state index in [0.717, 1.165) is 31.5 Å². The van der Waals surface area contributed by atoms with Crippen LogP contribution in [-0.4, -0.2) is 37.8 Å². The number of ether oxygens (including phenoxy) is 2. The van der Waals surface area contributed by atoms with E-state index in [1.54, 1.807) is 13.3 Å². The van der Waals surface area contributed by atoms with Gasteiger partial charge in [-0.3, -0.25) is 4.79 Å². The first-order chi connectivity index (χ1) is 9.24. The second-order valence-corrected chi connectivity index (χ2v) is 4.68. The molecule has 1 aliphatic heterocycles. The minimum atomic E-state index is -0.155. The molecule has 1 atom stereocenters. The average molecular weight is 264 g/mol. The number of methoxy groups -OCH3 is 2. The van der Waals surface area contributed by atoms with Crippen molar-refractivity contribution in [3.8, 4) is 5.88 Å². The van der Waals surface area contributed by atoms with E-state index in [9.17, 15) is 4.79 Å². The topological polar surface area (TPSA) is 51.7 Å². The van der Waals surface area contributed by atoms with E-state index >= 15 is 0 Å². The van der Waals surface area contributed by atoms with Crippen molar-refractivity contribution in [3.05, 3.63) is 18.3 Å². The minimum absolute atomic E-state index is 0.155. The Bertz CT molecular complexity index is 436. The van der Waals surface area contributed by atoms with E-state index in [1.165, 1.54) is 7.11 Å². The molecule has 0 spiro atoms. The first-order valence-corrected chi connectivity index (χ1v) is 6.58. The molecule has 0 N–H and O–H groups in total. The van der Waals surface area contributed by atoms with E-state index in [0.29, 0.717) is 12.3 Å². The molecule has 0 saturated carbocycles. The summed E-state index contributed by atoms with van der Waals surface area (Å²) < 4.78 is 9.93. The van der Waals surface area contributed by atoms with Crippen LogP contribution in [0.1, 0.15) is 25.7 Å². The highest BCUT2D eigenvalue weighted by atomic mass is 16.5. The lowest BCUT2D eigenvalue weighted by atomic mass is 9.98. The molecule has 104 valence electrons. The van der Waals surface area contributed by atoms with Gasteiger partial charge in [0.2, 0.25) is 5.88 Å². The van der Waals surface area contributed by atoms with Crippen molar-refractivity contribution in [1.82, 2.24) is 4.98 Å². The Kier molecular flexibility index (Phi) is 4.60. The Labute approximate surface area is 113 Å². The number of nitrogens with zero attached hydrogens (tertiary/aromatic N) is 2. The van der Waals surface area contributed by atoms with E-state index < -0.39 is 0 Å². The molecule has 0 aliphatic carbocycles. The molecule has 5 nitrogen and oxygen atoms in total. The maximum absolute atomic E-state index is 11.5. The van der Waals surface area contributed by atoms with Crippen LogP contribution in [0.4, 0.5) is 5.69 Å². The summed E-state index contributed by atoms with van der Waals surface area (Å²) in [5.74, 6) is 0.442. The Morgan fingerprint density at radius 2 is 2.32 bits per heavy atom. The number of carbonyl (C=O) groups is 1. The fourth-order valence-corrected chi connectivity index (χ4v) is 2.52. The van der Waals surface area contributed by atoms with E-state index in [4.69, 9.17) is 9.47 Å². The van der Waals surface area contributed by atoms with Crippen LogP contribution < -0.4 is 9.64 Å². The molecule has 0 radical (unpaired) electrons. The van der Waals surface area contributed by atoms with Gasteiger partial charge in [-0.1, -0.05) is 0 Å². The van der Waals surface area contributed by atoms with Gasteiger partial charge in [0.1, 0.15) is 0 Å². The highest BCUT2D eigenvalue weighted by Gasteiger charge is 2.25. The summed E-state index contributed by atoms with van der Waals surface area (Å²) >= 11 is 0. The number of hydrogen-bond donors (Lipinski definition) is 0. The van der Waals surface area contributed by atoms with Crippen LogP contribution in [0.2, 0.25) is 0 Å². The molecule has 2 heterocycles. The Morgan fingerprint density at radius 3 is 3.05 bits per heavy atom. The smallest absolute Gasteiger partial charge is 0.307 e. The molecule has 1 fully saturated rings. The zero-order valence-corrected chi connectivity index (χ0v) is 11.5. The standard InChI is InChI=1S/C14H20N2O3/c1-18-13-9-12(6-7-15-13)16-8-4-3-5-11(16)10-14(17)19-2/h6-7,9,11H,3-5,8,10H2,1-2H3. The van der Waals surface area contributed by atoms with Crippen molar-refractivity contribution >= 4 is 11.7 Å². The number of carbonyl (C=O) groups excluding carboxylic acids is 1. The molecular formula is C14H20N2O3. The third-order valence-corrected chi connectivity index (χ3v) is 3.52. The maximum Gasteiger partial charge on any atom is 0.307 e. The van der Waals surface area contributed by atoms with Gasteiger partial charge in [-0.15, -0.1) is 0 Å². The number of rotatable bonds is 4. The zero-order chi connectivity index (χ0) is 13.7. The summed E-state index contributed by atoms with van der Waals surface area (Å²) in [5, 5.41) is 0. The van der Waals surface area contributed by atoms with Gasteiger partial charge in [0.25, 0.3) is 0 Å². The number of pyridine rings is 1. The van der Waals surface area contributed by atoms with Gasteiger partial charge >= 0.3 is 5.97 Å². The maximum atomic E-state index is 11.5. The van der Waals surface area contributed by atoms with Crippen LogP contribution in [0, 0.1) is 0 Å². The fraction of sp³-hybridized carbons (Fsp3) is 0.571. The molecule has 1 saturated heterocycles. The first kappa shape index (κ1) is 13.6. The molecule has 0 bridgehead atoms. The highest BCUT2D eigenvalue weighted by molar-refractivity contribution is 5.71. The van der Waals surface area contributed by atoms with Crippen molar-refractivity contribution < 1.29 is 14.3 Å². The summed E-state index contributed by atoms with van der Waals surface area (Å²) in [7, 11) is 3.04. The van der Waals surface area contributed by atoms with Gasteiger partial charge in [0.05, 0.1) is 20.6 Å². The van der Waals surface area contributed by atoms with Crippen molar-refractivity contribution in [1.29, 1.82) is 0 Å². The summed E-state index contributed by atoms with van der Waals surface area (Å²) in [6, 6.07) is 4.07. The third-order valence-electron chi connectivity index (χ3n) is 3.52. The van der Waals surface area contributed by atoms with Gasteiger partial charge in [0.15, 0.2) is 0 Å². The number of hydrogen-bond acceptors (Lipinski definition) is 5. The lowest BCUT2D eigenvalue weighted by molar-refractivity contribution is -0.141. The fourth-order valence-electron chi connectivity index (χ4n) is 2.52. The van der Waals surface area contributed by atoms with E-state index in [1.807, 2.05) is 12.1 Å². The summed E-state index contributed by atoms with van der Waals surface area (Å²) in [6.45, 7) is 0.953. The monoisotopic (exact) mass is 264 g/mol. The van der Waals surface area contributed by atoms with Crippen molar-refractivity contribution in [3.63, 3.8) is 0 Å². The molecule has 1 unspecified atom stereocenters. The number of anilines is 1. The second kappa shape index (κ2) is 6.41. The normalized spacial score (nSPS) is 19.1. The van der Waals surface area contributed by atoms with Gasteiger partial charge in [-0.05, 0) is 25.3 Å². The van der Waals surface area contributed by atoms with Gasteiger partial charge in [0, 0.05) is 30.5 Å². The van der Waals surface area contributed by atoms with Crippen LogP contribution in [0.15, 0.2) is 18.3 Å². The van der Waals surface area contributed by atoms with Crippen LogP contribution in [-0.2, 0) is 9.53 Å². The van der Waals surface area contributed by atoms with Gasteiger partial charge in [-0.2, -0.15) is 0 Å². The summed E-state index contributed by atoms with van der Waals surface area (Å²) in [5.41, 5.74) is 1.06. The molecule has 2 rings (SSSR count). The van der Waals surface area contributed by atoms with Gasteiger partial charge < -0.3 is 14.4 Å². The molecule has 1 aromatic heterocycles. The number of piperidine rings is 1. The van der Waals surface area contributed by atoms with E-state index in [-0.39, 0.29) is 12.0 Å². The average Bonchev–Trinajstić information content (AvgIpc) is 2.47. The molecule has 0 aromatic carbocycles. The molecule has 1 aromatic rings. The van der Waals surface area contributed by atoms with Crippen LogP contribution >= 0.6 is 0 Å². The lowest BCUT2D eigenvalue weighted by Gasteiger charge is -2.37. The van der Waals surface area contributed by atoms with Crippen LogP contribution in [0.5, 0.6) is 5.88 Å². The first-order valence-electron chi connectivity index (χ1n) is 6.58. The SMILES string of the molecule is COC(=O)CC1CCCCN1c1ccnc(OC)c1. The summed E-state index contributed by atoms with van der Waals surface area (Å²) in [4.78, 5) is 17.9. The van der Waals surface area contributed by atoms with Crippen LogP contribution in [0.3, 0.4) is 0 Å². The molecule has 0 amide bonds. The third kappa shape index (κ3) is 3.36. The Hall–Kier alpha value is -1.78. The van der Waals surface area contributed by atoms with Crippen LogP contribution in [0.25, 0.3) is 0 Å². The minimum Gasteiger partial charge on any atom is -0.481 e. The predicted molar refractivity (Wildman–Crippen MR) is 72.4 cm³/mol. The Morgan fingerprint density at radius 1 is 1.47 bits per heavy atom. The number of esters is 1. The van der Waals surface area contributed by atoms with E-state index in [2.05, 4.69) is 9.88 Å².